The van der Waals surface area contributed by atoms with Gasteiger partial charge in [-0.1, -0.05) is 12.1 Å². The quantitative estimate of drug-likeness (QED) is 0.643. The van der Waals surface area contributed by atoms with E-state index in [1.54, 1.807) is 36.5 Å². The highest BCUT2D eigenvalue weighted by Crippen LogP contribution is 2.35. The highest BCUT2D eigenvalue weighted by Gasteiger charge is 2.35. The van der Waals surface area contributed by atoms with Crippen molar-refractivity contribution in [1.29, 1.82) is 10.5 Å². The normalized spacial score (nSPS) is 10.4. The number of hydrogen-bond donors (Lipinski definition) is 0. The van der Waals surface area contributed by atoms with Gasteiger partial charge >= 0.3 is 0 Å². The average molecular weight is 355 g/mol. The molecule has 8 heteroatoms. The number of ether oxygens (including phenoxy) is 1. The Morgan fingerprint density at radius 1 is 1.22 bits per heavy atom. The average Bonchev–Trinajstić information content (AvgIpc) is 3.23. The molecule has 0 aliphatic heterocycles. The monoisotopic (exact) mass is 355 g/mol. The molecule has 0 unspecified atom stereocenters. The number of aromatic nitrogens is 5. The van der Waals surface area contributed by atoms with E-state index in [1.807, 2.05) is 18.2 Å². The molecule has 0 aliphatic rings. The molecule has 3 aromatic rings. The van der Waals surface area contributed by atoms with E-state index in [1.165, 1.54) is 11.9 Å². The maximum Gasteiger partial charge on any atom is 0.223 e. The third kappa shape index (κ3) is 3.18. The fraction of sp³-hybridized carbons (Fsp3) is 0.158. The van der Waals surface area contributed by atoms with Gasteiger partial charge in [-0.2, -0.15) is 10.5 Å². The van der Waals surface area contributed by atoms with Crippen molar-refractivity contribution >= 4 is 0 Å². The Morgan fingerprint density at radius 2 is 2.04 bits per heavy atom. The summed E-state index contributed by atoms with van der Waals surface area (Å²) in [6.45, 7) is 0. The van der Waals surface area contributed by atoms with Gasteiger partial charge in [0.1, 0.15) is 11.4 Å². The third-order valence-electron chi connectivity index (χ3n) is 3.93. The highest BCUT2D eigenvalue weighted by atomic mass is 16.5. The molecule has 0 fully saturated rings. The molecule has 0 spiro atoms. The van der Waals surface area contributed by atoms with Crippen LogP contribution in [0, 0.1) is 35.0 Å². The van der Waals surface area contributed by atoms with E-state index in [2.05, 4.69) is 26.3 Å². The number of pyridine rings is 1. The number of terminal acetylenes is 1. The minimum Gasteiger partial charge on any atom is -0.496 e. The second-order valence-corrected chi connectivity index (χ2v) is 5.51. The summed E-state index contributed by atoms with van der Waals surface area (Å²) in [7, 11) is 1.45. The van der Waals surface area contributed by atoms with Crippen LogP contribution in [-0.2, 0) is 5.41 Å². The van der Waals surface area contributed by atoms with Crippen molar-refractivity contribution in [2.75, 3.05) is 7.11 Å². The van der Waals surface area contributed by atoms with Gasteiger partial charge in [0.05, 0.1) is 24.9 Å². The number of hydrogen-bond acceptors (Lipinski definition) is 7. The zero-order valence-corrected chi connectivity index (χ0v) is 14.4. The van der Waals surface area contributed by atoms with Crippen LogP contribution in [0.15, 0.2) is 42.6 Å². The van der Waals surface area contributed by atoms with Crippen LogP contribution in [0.3, 0.4) is 0 Å². The molecule has 3 rings (SSSR count). The number of nitrogens with zero attached hydrogens (tertiary/aromatic N) is 7. The van der Waals surface area contributed by atoms with E-state index in [4.69, 9.17) is 11.2 Å². The Bertz CT molecular complexity index is 1070. The zero-order chi connectivity index (χ0) is 19.3. The lowest BCUT2D eigenvalue weighted by molar-refractivity contribution is 0.404. The van der Waals surface area contributed by atoms with E-state index in [0.717, 1.165) is 0 Å². The summed E-state index contributed by atoms with van der Waals surface area (Å²) in [5, 5.41) is 31.4. The van der Waals surface area contributed by atoms with Gasteiger partial charge in [-0.3, -0.25) is 4.98 Å². The van der Waals surface area contributed by atoms with E-state index in [9.17, 15) is 10.5 Å². The summed E-state index contributed by atoms with van der Waals surface area (Å²) < 4.78 is 5.38. The number of benzene rings is 1. The molecule has 0 N–H and O–H groups in total. The van der Waals surface area contributed by atoms with Gasteiger partial charge in [0.15, 0.2) is 5.41 Å². The smallest absolute Gasteiger partial charge is 0.223 e. The second kappa shape index (κ2) is 7.35. The van der Waals surface area contributed by atoms with Crippen molar-refractivity contribution in [3.63, 3.8) is 0 Å². The number of rotatable bonds is 5. The van der Waals surface area contributed by atoms with Crippen LogP contribution in [0.25, 0.3) is 17.2 Å². The maximum atomic E-state index is 9.53. The summed E-state index contributed by atoms with van der Waals surface area (Å²) in [4.78, 5) is 5.50. The molecular weight excluding hydrogens is 342 g/mol. The predicted molar refractivity (Wildman–Crippen MR) is 95.3 cm³/mol. The first-order valence-corrected chi connectivity index (χ1v) is 7.83. The Labute approximate surface area is 155 Å². The lowest BCUT2D eigenvalue weighted by Gasteiger charge is -2.19. The molecule has 0 saturated heterocycles. The molecule has 0 radical (unpaired) electrons. The molecule has 0 atom stereocenters. The molecule has 8 nitrogen and oxygen atoms in total. The SMILES string of the molecule is C#CCC(C#N)(C#N)c1ccc(-n2nnc(-c3ccccn3)n2)cc1OC. The van der Waals surface area contributed by atoms with Gasteiger partial charge in [-0.15, -0.1) is 27.3 Å². The Hall–Kier alpha value is -4.22. The summed E-state index contributed by atoms with van der Waals surface area (Å²) in [6.07, 6.45) is 6.93. The lowest BCUT2D eigenvalue weighted by Crippen LogP contribution is -2.22. The molecule has 0 saturated carbocycles. The summed E-state index contributed by atoms with van der Waals surface area (Å²) in [5.41, 5.74) is 0.0416. The Kier molecular flexibility index (Phi) is 4.79. The van der Waals surface area contributed by atoms with Crippen LogP contribution in [0.1, 0.15) is 12.0 Å². The second-order valence-electron chi connectivity index (χ2n) is 5.51. The third-order valence-corrected chi connectivity index (χ3v) is 3.93. The number of methoxy groups -OCH3 is 1. The summed E-state index contributed by atoms with van der Waals surface area (Å²) in [5.74, 6) is 3.09. The fourth-order valence-corrected chi connectivity index (χ4v) is 2.55. The van der Waals surface area contributed by atoms with Crippen LogP contribution in [-0.4, -0.2) is 32.3 Å². The van der Waals surface area contributed by atoms with E-state index in [0.29, 0.717) is 28.5 Å². The van der Waals surface area contributed by atoms with Gasteiger partial charge < -0.3 is 4.74 Å². The first kappa shape index (κ1) is 17.6. The molecule has 0 aliphatic carbocycles. The van der Waals surface area contributed by atoms with Gasteiger partial charge in [0.25, 0.3) is 0 Å². The summed E-state index contributed by atoms with van der Waals surface area (Å²) in [6, 6.07) is 14.3. The van der Waals surface area contributed by atoms with Crippen molar-refractivity contribution in [3.8, 4) is 47.4 Å². The fourth-order valence-electron chi connectivity index (χ4n) is 2.55. The van der Waals surface area contributed by atoms with Crippen molar-refractivity contribution in [1.82, 2.24) is 25.2 Å². The van der Waals surface area contributed by atoms with Crippen molar-refractivity contribution in [3.05, 3.63) is 48.2 Å². The van der Waals surface area contributed by atoms with Crippen LogP contribution < -0.4 is 4.74 Å². The molecular formula is C19H13N7O. The van der Waals surface area contributed by atoms with Crippen molar-refractivity contribution in [2.24, 2.45) is 0 Å². The van der Waals surface area contributed by atoms with Gasteiger partial charge in [-0.25, -0.2) is 0 Å². The lowest BCUT2D eigenvalue weighted by atomic mass is 9.80. The Balaban J connectivity index is 2.03. The number of tetrazole rings is 1. The molecule has 1 aromatic carbocycles. The van der Waals surface area contributed by atoms with E-state index in [-0.39, 0.29) is 6.42 Å². The minimum atomic E-state index is -1.49. The molecule has 27 heavy (non-hydrogen) atoms. The van der Waals surface area contributed by atoms with E-state index >= 15 is 0 Å². The first-order chi connectivity index (χ1) is 13.2. The van der Waals surface area contributed by atoms with Gasteiger partial charge in [0.2, 0.25) is 5.82 Å². The van der Waals surface area contributed by atoms with Gasteiger partial charge in [0, 0.05) is 24.2 Å². The highest BCUT2D eigenvalue weighted by molar-refractivity contribution is 5.54. The molecule has 0 amide bonds. The molecule has 2 heterocycles. The van der Waals surface area contributed by atoms with Crippen LogP contribution in [0.4, 0.5) is 0 Å². The molecule has 130 valence electrons. The van der Waals surface area contributed by atoms with Crippen LogP contribution in [0.5, 0.6) is 5.75 Å². The summed E-state index contributed by atoms with van der Waals surface area (Å²) >= 11 is 0. The predicted octanol–water partition coefficient (Wildman–Crippen LogP) is 2.04. The number of nitriles is 2. The van der Waals surface area contributed by atoms with Crippen molar-refractivity contribution < 1.29 is 4.74 Å². The van der Waals surface area contributed by atoms with Crippen LogP contribution >= 0.6 is 0 Å². The topological polar surface area (TPSA) is 113 Å². The Morgan fingerprint density at radius 3 is 2.67 bits per heavy atom. The largest absolute Gasteiger partial charge is 0.496 e. The van der Waals surface area contributed by atoms with E-state index < -0.39 is 5.41 Å². The van der Waals surface area contributed by atoms with Crippen LogP contribution in [0.2, 0.25) is 0 Å². The molecule has 0 bridgehead atoms. The van der Waals surface area contributed by atoms with Crippen molar-refractivity contribution in [2.45, 2.75) is 11.8 Å². The zero-order valence-electron chi connectivity index (χ0n) is 14.4. The maximum absolute atomic E-state index is 9.53. The first-order valence-electron chi connectivity index (χ1n) is 7.83. The molecule has 2 aromatic heterocycles. The minimum absolute atomic E-state index is 0.0545. The van der Waals surface area contributed by atoms with Gasteiger partial charge in [-0.05, 0) is 23.4 Å². The standard InChI is InChI=1S/C19H13N7O/c1-3-9-19(12-20,13-21)15-8-7-14(11-17(15)27-2)26-24-18(23-25-26)16-6-4-5-10-22-16/h1,4-8,10-11H,9H2,2H3.